The molecular formula is C13H17N5. The molecule has 0 amide bonds. The van der Waals surface area contributed by atoms with Crippen molar-refractivity contribution in [2.24, 2.45) is 17.8 Å². The predicted molar refractivity (Wildman–Crippen MR) is 73.0 cm³/mol. The van der Waals surface area contributed by atoms with E-state index in [1.165, 1.54) is 0 Å². The number of hydrogen-bond donors (Lipinski definition) is 2. The van der Waals surface area contributed by atoms with Gasteiger partial charge in [0.1, 0.15) is 0 Å². The number of nitrogens with zero attached hydrogens (tertiary/aromatic N) is 3. The largest absolute Gasteiger partial charge is 0.370 e. The lowest BCUT2D eigenvalue weighted by Crippen LogP contribution is -2.30. The molecule has 2 rings (SSSR count). The summed E-state index contributed by atoms with van der Waals surface area (Å²) < 4.78 is 1.79. The predicted octanol–water partition coefficient (Wildman–Crippen LogP) is 1.12. The van der Waals surface area contributed by atoms with Crippen LogP contribution in [0, 0.1) is 0 Å². The van der Waals surface area contributed by atoms with E-state index in [1.807, 2.05) is 25.5 Å². The highest BCUT2D eigenvalue weighted by Crippen LogP contribution is 2.19. The van der Waals surface area contributed by atoms with Gasteiger partial charge in [-0.1, -0.05) is 18.2 Å². The summed E-state index contributed by atoms with van der Waals surface area (Å²) >= 11 is 0. The van der Waals surface area contributed by atoms with E-state index in [9.17, 15) is 0 Å². The van der Waals surface area contributed by atoms with Gasteiger partial charge in [0.25, 0.3) is 0 Å². The molecule has 0 saturated heterocycles. The normalized spacial score (nSPS) is 11.6. The van der Waals surface area contributed by atoms with Gasteiger partial charge in [0.05, 0.1) is 6.20 Å². The lowest BCUT2D eigenvalue weighted by atomic mass is 10.1. The minimum atomic E-state index is 0.446. The smallest absolute Gasteiger partial charge is 0.188 e. The van der Waals surface area contributed by atoms with Crippen LogP contribution in [0.3, 0.4) is 0 Å². The molecule has 1 heterocycles. The van der Waals surface area contributed by atoms with Gasteiger partial charge in [0.15, 0.2) is 5.96 Å². The molecule has 0 saturated carbocycles. The number of guanidine groups is 1. The first-order chi connectivity index (χ1) is 8.69. The molecule has 0 aliphatic rings. The second-order valence-corrected chi connectivity index (χ2v) is 4.07. The third-order valence-corrected chi connectivity index (χ3v) is 2.68. The highest BCUT2D eigenvalue weighted by Gasteiger charge is 2.01. The average molecular weight is 243 g/mol. The molecule has 5 heteroatoms. The first-order valence-corrected chi connectivity index (χ1v) is 5.73. The number of benzene rings is 1. The lowest BCUT2D eigenvalue weighted by Gasteiger charge is -2.06. The Labute approximate surface area is 106 Å². The van der Waals surface area contributed by atoms with Gasteiger partial charge in [-0.25, -0.2) is 0 Å². The number of aryl methyl sites for hydroxylation is 1. The first kappa shape index (κ1) is 12.2. The Morgan fingerprint density at radius 1 is 1.44 bits per heavy atom. The Kier molecular flexibility index (Phi) is 3.62. The first-order valence-electron chi connectivity index (χ1n) is 5.73. The fourth-order valence-electron chi connectivity index (χ4n) is 1.70. The van der Waals surface area contributed by atoms with Crippen molar-refractivity contribution < 1.29 is 0 Å². The summed E-state index contributed by atoms with van der Waals surface area (Å²) in [5.74, 6) is 0.446. The third kappa shape index (κ3) is 2.88. The molecule has 1 aromatic carbocycles. The molecule has 0 atom stereocenters. The second-order valence-electron chi connectivity index (χ2n) is 4.07. The third-order valence-electron chi connectivity index (χ3n) is 2.68. The quantitative estimate of drug-likeness (QED) is 0.627. The molecule has 0 unspecified atom stereocenters. The summed E-state index contributed by atoms with van der Waals surface area (Å²) in [5, 5.41) is 7.21. The molecule has 0 fully saturated rings. The van der Waals surface area contributed by atoms with Crippen molar-refractivity contribution in [1.29, 1.82) is 0 Å². The van der Waals surface area contributed by atoms with Crippen LogP contribution in [0.5, 0.6) is 0 Å². The fourth-order valence-corrected chi connectivity index (χ4v) is 1.70. The van der Waals surface area contributed by atoms with Crippen LogP contribution in [0.1, 0.15) is 5.56 Å². The zero-order chi connectivity index (χ0) is 13.0. The van der Waals surface area contributed by atoms with Crippen LogP contribution in [-0.4, -0.2) is 22.8 Å². The van der Waals surface area contributed by atoms with E-state index >= 15 is 0 Å². The Balaban J connectivity index is 2.15. The van der Waals surface area contributed by atoms with E-state index in [4.69, 9.17) is 5.73 Å². The van der Waals surface area contributed by atoms with E-state index in [0.29, 0.717) is 12.5 Å². The molecule has 0 spiro atoms. The van der Waals surface area contributed by atoms with Crippen LogP contribution in [0.4, 0.5) is 0 Å². The van der Waals surface area contributed by atoms with Crippen molar-refractivity contribution in [3.63, 3.8) is 0 Å². The summed E-state index contributed by atoms with van der Waals surface area (Å²) in [5.41, 5.74) is 9.01. The maximum atomic E-state index is 5.60. The summed E-state index contributed by atoms with van der Waals surface area (Å²) in [7, 11) is 3.57. The molecule has 3 N–H and O–H groups in total. The average Bonchev–Trinajstić information content (AvgIpc) is 2.83. The number of aliphatic imine (C=N–C) groups is 1. The zero-order valence-corrected chi connectivity index (χ0v) is 10.6. The molecule has 2 aromatic rings. The minimum Gasteiger partial charge on any atom is -0.370 e. The van der Waals surface area contributed by atoms with E-state index in [1.54, 1.807) is 11.7 Å². The lowest BCUT2D eigenvalue weighted by molar-refractivity contribution is 0.768. The monoisotopic (exact) mass is 243 g/mol. The summed E-state index contributed by atoms with van der Waals surface area (Å²) in [6, 6.07) is 8.26. The zero-order valence-electron chi connectivity index (χ0n) is 10.6. The molecule has 18 heavy (non-hydrogen) atoms. The van der Waals surface area contributed by atoms with Crippen molar-refractivity contribution in [1.82, 2.24) is 15.1 Å². The standard InChI is InChI=1S/C13H17N5/c1-15-13(14)16-7-10-4-3-5-11(6-10)12-8-17-18(2)9-12/h3-6,8-9H,7H2,1-2H3,(H3,14,15,16). The topological polar surface area (TPSA) is 68.2 Å². The van der Waals surface area contributed by atoms with Crippen LogP contribution >= 0.6 is 0 Å². The van der Waals surface area contributed by atoms with Crippen molar-refractivity contribution in [3.8, 4) is 11.1 Å². The molecule has 5 nitrogen and oxygen atoms in total. The molecular weight excluding hydrogens is 226 g/mol. The fraction of sp³-hybridized carbons (Fsp3) is 0.231. The van der Waals surface area contributed by atoms with Crippen LogP contribution in [0.15, 0.2) is 41.7 Å². The Hall–Kier alpha value is -2.30. The molecule has 1 aromatic heterocycles. The molecule has 0 bridgehead atoms. The van der Waals surface area contributed by atoms with Gasteiger partial charge < -0.3 is 11.1 Å². The Morgan fingerprint density at radius 2 is 2.28 bits per heavy atom. The van der Waals surface area contributed by atoms with Gasteiger partial charge >= 0.3 is 0 Å². The molecule has 0 aliphatic heterocycles. The highest BCUT2D eigenvalue weighted by atomic mass is 15.2. The number of rotatable bonds is 3. The molecule has 0 aliphatic carbocycles. The van der Waals surface area contributed by atoms with E-state index in [0.717, 1.165) is 16.7 Å². The summed E-state index contributed by atoms with van der Waals surface area (Å²) in [6.07, 6.45) is 3.85. The van der Waals surface area contributed by atoms with Crippen molar-refractivity contribution >= 4 is 5.96 Å². The van der Waals surface area contributed by atoms with Gasteiger partial charge in [0.2, 0.25) is 0 Å². The van der Waals surface area contributed by atoms with Gasteiger partial charge in [-0.3, -0.25) is 9.67 Å². The summed E-state index contributed by atoms with van der Waals surface area (Å²) in [6.45, 7) is 0.664. The number of nitrogens with one attached hydrogen (secondary N) is 1. The Morgan fingerprint density at radius 3 is 2.94 bits per heavy atom. The van der Waals surface area contributed by atoms with Crippen molar-refractivity contribution in [3.05, 3.63) is 42.2 Å². The van der Waals surface area contributed by atoms with Gasteiger partial charge in [-0.15, -0.1) is 0 Å². The van der Waals surface area contributed by atoms with E-state index in [-0.39, 0.29) is 0 Å². The highest BCUT2D eigenvalue weighted by molar-refractivity contribution is 5.77. The van der Waals surface area contributed by atoms with Gasteiger partial charge in [0, 0.05) is 32.4 Å². The van der Waals surface area contributed by atoms with Crippen molar-refractivity contribution in [2.75, 3.05) is 7.05 Å². The van der Waals surface area contributed by atoms with Gasteiger partial charge in [-0.2, -0.15) is 5.10 Å². The van der Waals surface area contributed by atoms with Crippen LogP contribution in [0.25, 0.3) is 11.1 Å². The van der Waals surface area contributed by atoms with E-state index < -0.39 is 0 Å². The number of hydrogen-bond acceptors (Lipinski definition) is 2. The number of aromatic nitrogens is 2. The van der Waals surface area contributed by atoms with Crippen LogP contribution in [-0.2, 0) is 13.6 Å². The van der Waals surface area contributed by atoms with Crippen LogP contribution < -0.4 is 11.1 Å². The van der Waals surface area contributed by atoms with Crippen molar-refractivity contribution in [2.45, 2.75) is 6.54 Å². The number of nitrogens with two attached hydrogens (primary N) is 1. The SMILES string of the molecule is CN=C(N)NCc1cccc(-c2cnn(C)c2)c1. The van der Waals surface area contributed by atoms with Gasteiger partial charge in [-0.05, 0) is 17.2 Å². The van der Waals surface area contributed by atoms with E-state index in [2.05, 4.69) is 33.6 Å². The van der Waals surface area contributed by atoms with Crippen LogP contribution in [0.2, 0.25) is 0 Å². The maximum absolute atomic E-state index is 5.60. The molecule has 0 radical (unpaired) electrons. The summed E-state index contributed by atoms with van der Waals surface area (Å²) in [4.78, 5) is 3.86. The second kappa shape index (κ2) is 5.35. The molecule has 94 valence electrons. The maximum Gasteiger partial charge on any atom is 0.188 e. The Bertz CT molecular complexity index is 556. The minimum absolute atomic E-state index is 0.446.